The van der Waals surface area contributed by atoms with Crippen molar-refractivity contribution in [2.24, 2.45) is 11.7 Å². The van der Waals surface area contributed by atoms with E-state index < -0.39 is 0 Å². The molecule has 0 aromatic rings. The van der Waals surface area contributed by atoms with Gasteiger partial charge in [0.25, 0.3) is 0 Å². The fourth-order valence-electron chi connectivity index (χ4n) is 0.766. The highest BCUT2D eigenvalue weighted by atomic mass is 35.5. The fourth-order valence-corrected chi connectivity index (χ4v) is 0.766. The first kappa shape index (κ1) is 11.5. The highest BCUT2D eigenvalue weighted by Crippen LogP contribution is 2.29. The Morgan fingerprint density at radius 2 is 2.25 bits per heavy atom. The van der Waals surface area contributed by atoms with E-state index in [0.717, 1.165) is 0 Å². The number of nitrogens with one attached hydrogen (secondary N) is 1. The van der Waals surface area contributed by atoms with Crippen molar-refractivity contribution >= 4 is 18.3 Å². The van der Waals surface area contributed by atoms with Crippen LogP contribution >= 0.6 is 12.4 Å². The van der Waals surface area contributed by atoms with E-state index in [9.17, 15) is 4.79 Å². The maximum atomic E-state index is 10.9. The molecule has 1 fully saturated rings. The molecule has 4 heteroatoms. The molecule has 12 heavy (non-hydrogen) atoms. The van der Waals surface area contributed by atoms with Gasteiger partial charge in [-0.05, 0) is 24.8 Å². The van der Waals surface area contributed by atoms with Gasteiger partial charge in [0.1, 0.15) is 0 Å². The summed E-state index contributed by atoms with van der Waals surface area (Å²) in [6.07, 6.45) is 6.04. The molecule has 1 aliphatic rings. The van der Waals surface area contributed by atoms with E-state index in [-0.39, 0.29) is 18.3 Å². The van der Waals surface area contributed by atoms with Crippen molar-refractivity contribution in [2.45, 2.75) is 12.8 Å². The summed E-state index contributed by atoms with van der Waals surface area (Å²) in [6.45, 7) is 1.07. The zero-order valence-electron chi connectivity index (χ0n) is 6.95. The smallest absolute Gasteiger partial charge is 0.243 e. The Balaban J connectivity index is 0.00000121. The lowest BCUT2D eigenvalue weighted by Gasteiger charge is -1.96. The van der Waals surface area contributed by atoms with Crippen LogP contribution in [0.15, 0.2) is 12.2 Å². The van der Waals surface area contributed by atoms with E-state index in [0.29, 0.717) is 19.0 Å². The number of amides is 1. The van der Waals surface area contributed by atoms with E-state index in [2.05, 4.69) is 5.32 Å². The van der Waals surface area contributed by atoms with Gasteiger partial charge in [-0.15, -0.1) is 12.4 Å². The molecule has 0 aromatic carbocycles. The first-order valence-electron chi connectivity index (χ1n) is 3.99. The zero-order valence-corrected chi connectivity index (χ0v) is 7.77. The van der Waals surface area contributed by atoms with Crippen molar-refractivity contribution in [3.05, 3.63) is 12.2 Å². The summed E-state index contributed by atoms with van der Waals surface area (Å²) in [6, 6.07) is 0. The minimum atomic E-state index is -0.0256. The van der Waals surface area contributed by atoms with Crippen molar-refractivity contribution in [3.63, 3.8) is 0 Å². The highest BCUT2D eigenvalue weighted by molar-refractivity contribution is 5.87. The van der Waals surface area contributed by atoms with Gasteiger partial charge in [-0.1, -0.05) is 6.08 Å². The second kappa shape index (κ2) is 6.03. The number of hydrogen-bond acceptors (Lipinski definition) is 2. The van der Waals surface area contributed by atoms with E-state index in [4.69, 9.17) is 5.73 Å². The van der Waals surface area contributed by atoms with Crippen molar-refractivity contribution < 1.29 is 4.79 Å². The average Bonchev–Trinajstić information content (AvgIpc) is 2.80. The third kappa shape index (κ3) is 5.16. The molecule has 1 rings (SSSR count). The molecule has 0 radical (unpaired) electrons. The van der Waals surface area contributed by atoms with E-state index in [1.807, 2.05) is 6.08 Å². The molecule has 0 spiro atoms. The van der Waals surface area contributed by atoms with Crippen LogP contribution in [-0.2, 0) is 4.79 Å². The summed E-state index contributed by atoms with van der Waals surface area (Å²) in [4.78, 5) is 10.9. The van der Waals surface area contributed by atoms with Crippen molar-refractivity contribution in [3.8, 4) is 0 Å². The predicted molar refractivity (Wildman–Crippen MR) is 51.2 cm³/mol. The SMILES string of the molecule is Cl.NCCNC(=O)/C=C/C1CC1. The molecule has 0 unspecified atom stereocenters. The number of rotatable bonds is 4. The van der Waals surface area contributed by atoms with Crippen LogP contribution in [0.5, 0.6) is 0 Å². The maximum Gasteiger partial charge on any atom is 0.243 e. The molecule has 0 aliphatic heterocycles. The van der Waals surface area contributed by atoms with Crippen molar-refractivity contribution in [1.29, 1.82) is 0 Å². The molecule has 1 saturated carbocycles. The second-order valence-electron chi connectivity index (χ2n) is 2.78. The van der Waals surface area contributed by atoms with E-state index in [1.54, 1.807) is 6.08 Å². The number of nitrogens with two attached hydrogens (primary N) is 1. The Labute approximate surface area is 78.8 Å². The molecule has 3 N–H and O–H groups in total. The van der Waals surface area contributed by atoms with Gasteiger partial charge in [-0.25, -0.2) is 0 Å². The molecule has 0 bridgehead atoms. The summed E-state index contributed by atoms with van der Waals surface area (Å²) in [5.41, 5.74) is 5.21. The van der Waals surface area contributed by atoms with Crippen LogP contribution in [-0.4, -0.2) is 19.0 Å². The first-order valence-corrected chi connectivity index (χ1v) is 3.99. The number of carbonyl (C=O) groups is 1. The van der Waals surface area contributed by atoms with Gasteiger partial charge in [0.15, 0.2) is 0 Å². The minimum absolute atomic E-state index is 0. The van der Waals surface area contributed by atoms with Gasteiger partial charge in [0, 0.05) is 13.1 Å². The Bertz CT molecular complexity index is 166. The lowest BCUT2D eigenvalue weighted by Crippen LogP contribution is -2.27. The average molecular weight is 191 g/mol. The van der Waals surface area contributed by atoms with Gasteiger partial charge in [0.2, 0.25) is 5.91 Å². The van der Waals surface area contributed by atoms with Gasteiger partial charge >= 0.3 is 0 Å². The van der Waals surface area contributed by atoms with E-state index in [1.165, 1.54) is 12.8 Å². The van der Waals surface area contributed by atoms with Crippen LogP contribution in [0.1, 0.15) is 12.8 Å². The Hall–Kier alpha value is -0.540. The molecular formula is C8H15ClN2O. The fraction of sp³-hybridized carbons (Fsp3) is 0.625. The molecule has 0 aromatic heterocycles. The molecule has 0 heterocycles. The van der Waals surface area contributed by atoms with Crippen LogP contribution in [0.25, 0.3) is 0 Å². The molecule has 1 amide bonds. The molecule has 0 atom stereocenters. The lowest BCUT2D eigenvalue weighted by molar-refractivity contribution is -0.116. The van der Waals surface area contributed by atoms with Crippen LogP contribution < -0.4 is 11.1 Å². The molecule has 70 valence electrons. The summed E-state index contributed by atoms with van der Waals surface area (Å²) in [5, 5.41) is 2.66. The quantitative estimate of drug-likeness (QED) is 0.633. The molecule has 3 nitrogen and oxygen atoms in total. The lowest BCUT2D eigenvalue weighted by atomic mass is 10.3. The van der Waals surface area contributed by atoms with Gasteiger partial charge in [0.05, 0.1) is 0 Å². The van der Waals surface area contributed by atoms with Gasteiger partial charge < -0.3 is 11.1 Å². The van der Waals surface area contributed by atoms with Crippen molar-refractivity contribution in [2.75, 3.05) is 13.1 Å². The summed E-state index contributed by atoms with van der Waals surface area (Å²) < 4.78 is 0. The number of allylic oxidation sites excluding steroid dienone is 1. The molecule has 1 aliphatic carbocycles. The molecule has 0 saturated heterocycles. The van der Waals surface area contributed by atoms with Crippen LogP contribution in [0.2, 0.25) is 0 Å². The zero-order chi connectivity index (χ0) is 8.10. The number of carbonyl (C=O) groups excluding carboxylic acids is 1. The van der Waals surface area contributed by atoms with Gasteiger partial charge in [-0.3, -0.25) is 4.79 Å². The largest absolute Gasteiger partial charge is 0.351 e. The number of hydrogen-bond donors (Lipinski definition) is 2. The Morgan fingerprint density at radius 3 is 2.75 bits per heavy atom. The maximum absolute atomic E-state index is 10.9. The normalized spacial score (nSPS) is 15.8. The number of halogens is 1. The van der Waals surface area contributed by atoms with Crippen LogP contribution in [0, 0.1) is 5.92 Å². The monoisotopic (exact) mass is 190 g/mol. The van der Waals surface area contributed by atoms with Crippen LogP contribution in [0.4, 0.5) is 0 Å². The summed E-state index contributed by atoms with van der Waals surface area (Å²) in [7, 11) is 0. The Morgan fingerprint density at radius 1 is 1.58 bits per heavy atom. The topological polar surface area (TPSA) is 55.1 Å². The first-order chi connectivity index (χ1) is 5.33. The summed E-state index contributed by atoms with van der Waals surface area (Å²) >= 11 is 0. The minimum Gasteiger partial charge on any atom is -0.351 e. The van der Waals surface area contributed by atoms with Crippen LogP contribution in [0.3, 0.4) is 0 Å². The van der Waals surface area contributed by atoms with Crippen molar-refractivity contribution in [1.82, 2.24) is 5.32 Å². The standard InChI is InChI=1S/C8H14N2O.ClH/c9-5-6-10-8(11)4-3-7-1-2-7;/h3-4,7H,1-2,5-6,9H2,(H,10,11);1H/b4-3+;. The second-order valence-corrected chi connectivity index (χ2v) is 2.78. The highest BCUT2D eigenvalue weighted by Gasteiger charge is 2.17. The third-order valence-corrected chi connectivity index (χ3v) is 1.59. The van der Waals surface area contributed by atoms with Gasteiger partial charge in [-0.2, -0.15) is 0 Å². The molecular weight excluding hydrogens is 176 g/mol. The van der Waals surface area contributed by atoms with E-state index >= 15 is 0 Å². The predicted octanol–water partition coefficient (Wildman–Crippen LogP) is 0.449. The third-order valence-electron chi connectivity index (χ3n) is 1.59. The summed E-state index contributed by atoms with van der Waals surface area (Å²) in [5.74, 6) is 0.640. The Kier molecular flexibility index (Phi) is 5.76.